The molecule has 3 fully saturated rings. The Hall–Kier alpha value is -3.41. The molecule has 2 atom stereocenters. The number of hydrogen-bond donors (Lipinski definition) is 2. The minimum atomic E-state index is -1.12. The molecule has 1 saturated carbocycles. The molecule has 11 nitrogen and oxygen atoms in total. The summed E-state index contributed by atoms with van der Waals surface area (Å²) in [5.41, 5.74) is 0.179. The van der Waals surface area contributed by atoms with Crippen molar-refractivity contribution >= 4 is 34.6 Å². The smallest absolute Gasteiger partial charge is 0.407 e. The maximum Gasteiger partial charge on any atom is 0.407 e. The second-order valence-electron chi connectivity index (χ2n) is 12.0. The first-order valence-electron chi connectivity index (χ1n) is 14.0. The highest BCUT2D eigenvalue weighted by molar-refractivity contribution is 6.31. The van der Waals surface area contributed by atoms with Crippen LogP contribution in [0.1, 0.15) is 51.1 Å². The average molecular weight is 584 g/mol. The Morgan fingerprint density at radius 1 is 1.15 bits per heavy atom. The van der Waals surface area contributed by atoms with Crippen LogP contribution in [0.4, 0.5) is 4.79 Å². The van der Waals surface area contributed by atoms with Gasteiger partial charge in [0.1, 0.15) is 11.5 Å². The fraction of sp³-hybridized carbons (Fsp3) is 0.517. The van der Waals surface area contributed by atoms with Crippen LogP contribution < -0.4 is 5.56 Å². The second kappa shape index (κ2) is 10.1. The van der Waals surface area contributed by atoms with Gasteiger partial charge in [0.2, 0.25) is 5.91 Å². The highest BCUT2D eigenvalue weighted by Crippen LogP contribution is 2.47. The van der Waals surface area contributed by atoms with Crippen LogP contribution in [-0.4, -0.2) is 84.1 Å². The van der Waals surface area contributed by atoms with Crippen molar-refractivity contribution < 1.29 is 24.5 Å². The van der Waals surface area contributed by atoms with Gasteiger partial charge in [-0.25, -0.2) is 9.78 Å². The molecule has 0 radical (unpaired) electrons. The number of aromatic nitrogens is 3. The Bertz CT molecular complexity index is 1550. The molecule has 0 spiro atoms. The maximum absolute atomic E-state index is 13.4. The number of carbonyl (C=O) groups is 2. The Labute approximate surface area is 241 Å². The molecule has 3 aromatic rings. The summed E-state index contributed by atoms with van der Waals surface area (Å²) < 4.78 is 8.79. The molecule has 41 heavy (non-hydrogen) atoms. The molecule has 0 unspecified atom stereocenters. The number of likely N-dealkylation sites (tertiary alicyclic amines) is 1. The summed E-state index contributed by atoms with van der Waals surface area (Å²) in [6, 6.07) is 8.43. The number of aliphatic hydroxyl groups is 1. The quantitative estimate of drug-likeness (QED) is 0.470. The zero-order valence-corrected chi connectivity index (χ0v) is 23.9. The van der Waals surface area contributed by atoms with E-state index in [4.69, 9.17) is 16.3 Å². The van der Waals surface area contributed by atoms with Gasteiger partial charge in [-0.05, 0) is 56.4 Å². The van der Waals surface area contributed by atoms with Crippen LogP contribution in [0.25, 0.3) is 16.7 Å². The number of nitrogens with zero attached hydrogens (tertiary/aromatic N) is 5. The molecule has 2 saturated heterocycles. The molecule has 1 aromatic carbocycles. The number of ether oxygens (including phenoxy) is 1. The molecule has 12 heteroatoms. The summed E-state index contributed by atoms with van der Waals surface area (Å²) in [6.45, 7) is 5.39. The zero-order valence-electron chi connectivity index (χ0n) is 23.1. The van der Waals surface area contributed by atoms with Crippen molar-refractivity contribution in [1.29, 1.82) is 0 Å². The van der Waals surface area contributed by atoms with Crippen LogP contribution in [0.3, 0.4) is 0 Å². The Morgan fingerprint density at radius 3 is 2.46 bits per heavy atom. The van der Waals surface area contributed by atoms with Crippen LogP contribution in [-0.2, 0) is 16.1 Å². The van der Waals surface area contributed by atoms with Crippen molar-refractivity contribution in [3.05, 3.63) is 57.7 Å². The molecule has 4 heterocycles. The van der Waals surface area contributed by atoms with Gasteiger partial charge in [0, 0.05) is 24.2 Å². The van der Waals surface area contributed by atoms with E-state index in [1.54, 1.807) is 10.6 Å². The number of morpholine rings is 1. The predicted octanol–water partition coefficient (Wildman–Crippen LogP) is 3.43. The molecule has 2 N–H and O–H groups in total. The standard InChI is InChI=1S/C29H34ClN5O6/c1-18-14-34(27(38)39)22(15-41-18)19-3-5-20(6-4-19)35-23(30)13-21-24(35)31-17-33(25(21)36)16-29(40)9-11-32(12-10-29)26(37)28(2)7-8-28/h3-6,13,17-18,22,40H,7-12,14-16H2,1-2H3,(H,38,39)/t18-,22-/m1/s1. The van der Waals surface area contributed by atoms with Crippen LogP contribution in [0, 0.1) is 5.41 Å². The summed E-state index contributed by atoms with van der Waals surface area (Å²) in [4.78, 5) is 45.7. The van der Waals surface area contributed by atoms with E-state index in [9.17, 15) is 24.6 Å². The van der Waals surface area contributed by atoms with E-state index in [0.717, 1.165) is 18.4 Å². The second-order valence-corrected chi connectivity index (χ2v) is 12.4. The lowest BCUT2D eigenvalue weighted by Gasteiger charge is -2.39. The number of halogens is 1. The van der Waals surface area contributed by atoms with E-state index >= 15 is 0 Å². The van der Waals surface area contributed by atoms with E-state index in [2.05, 4.69) is 4.98 Å². The third-order valence-electron chi connectivity index (χ3n) is 8.85. The van der Waals surface area contributed by atoms with Crippen molar-refractivity contribution in [3.63, 3.8) is 0 Å². The lowest BCUT2D eigenvalue weighted by Crippen LogP contribution is -2.51. The van der Waals surface area contributed by atoms with Crippen molar-refractivity contribution in [2.45, 2.75) is 63.8 Å². The Kier molecular flexibility index (Phi) is 6.87. The first kappa shape index (κ1) is 27.7. The summed E-state index contributed by atoms with van der Waals surface area (Å²) in [6.07, 6.45) is 2.87. The van der Waals surface area contributed by atoms with Gasteiger partial charge in [0.25, 0.3) is 5.56 Å². The monoisotopic (exact) mass is 583 g/mol. The van der Waals surface area contributed by atoms with E-state index in [1.807, 2.05) is 43.0 Å². The summed E-state index contributed by atoms with van der Waals surface area (Å²) in [7, 11) is 0. The number of rotatable bonds is 5. The number of hydrogen-bond acceptors (Lipinski definition) is 6. The minimum absolute atomic E-state index is 0.0771. The van der Waals surface area contributed by atoms with Crippen LogP contribution in [0.2, 0.25) is 5.15 Å². The molecule has 6 rings (SSSR count). The largest absolute Gasteiger partial charge is 0.465 e. The third kappa shape index (κ3) is 5.11. The number of carbonyl (C=O) groups excluding carboxylic acids is 1. The first-order chi connectivity index (χ1) is 19.5. The van der Waals surface area contributed by atoms with Gasteiger partial charge >= 0.3 is 6.09 Å². The number of piperidine rings is 1. The molecule has 2 amide bonds. The lowest BCUT2D eigenvalue weighted by atomic mass is 9.90. The van der Waals surface area contributed by atoms with Crippen molar-refractivity contribution in [1.82, 2.24) is 23.9 Å². The normalized spacial score (nSPS) is 23.5. The van der Waals surface area contributed by atoms with Crippen LogP contribution >= 0.6 is 11.6 Å². The maximum atomic E-state index is 13.4. The van der Waals surface area contributed by atoms with Gasteiger partial charge in [0.05, 0.1) is 42.8 Å². The highest BCUT2D eigenvalue weighted by atomic mass is 35.5. The summed E-state index contributed by atoms with van der Waals surface area (Å²) in [5, 5.41) is 21.6. The van der Waals surface area contributed by atoms with E-state index in [1.165, 1.54) is 15.8 Å². The minimum Gasteiger partial charge on any atom is -0.465 e. The van der Waals surface area contributed by atoms with Crippen molar-refractivity contribution in [2.24, 2.45) is 5.41 Å². The van der Waals surface area contributed by atoms with Gasteiger partial charge in [-0.3, -0.25) is 23.6 Å². The number of benzene rings is 1. The van der Waals surface area contributed by atoms with Crippen LogP contribution in [0.15, 0.2) is 41.5 Å². The van der Waals surface area contributed by atoms with Crippen molar-refractivity contribution in [2.75, 3.05) is 26.2 Å². The van der Waals surface area contributed by atoms with Gasteiger partial charge in [-0.15, -0.1) is 0 Å². The van der Waals surface area contributed by atoms with Gasteiger partial charge in [-0.1, -0.05) is 30.7 Å². The Morgan fingerprint density at radius 2 is 1.83 bits per heavy atom. The molecule has 2 aliphatic heterocycles. The number of carboxylic acid groups (broad SMARTS) is 1. The molecule has 3 aliphatic rings. The van der Waals surface area contributed by atoms with E-state index in [-0.39, 0.29) is 42.7 Å². The fourth-order valence-electron chi connectivity index (χ4n) is 5.96. The molecule has 0 bridgehead atoms. The van der Waals surface area contributed by atoms with Gasteiger partial charge in [-0.2, -0.15) is 0 Å². The fourth-order valence-corrected chi connectivity index (χ4v) is 6.25. The molecule has 1 aliphatic carbocycles. The number of amides is 2. The van der Waals surface area contributed by atoms with E-state index < -0.39 is 17.7 Å². The van der Waals surface area contributed by atoms with E-state index in [0.29, 0.717) is 47.8 Å². The van der Waals surface area contributed by atoms with Crippen molar-refractivity contribution in [3.8, 4) is 5.69 Å². The molecular weight excluding hydrogens is 550 g/mol. The number of fused-ring (bicyclic) bond motifs is 1. The van der Waals surface area contributed by atoms with Gasteiger partial charge in [0.15, 0.2) is 5.65 Å². The topological polar surface area (TPSA) is 130 Å². The van der Waals surface area contributed by atoms with Gasteiger partial charge < -0.3 is 19.8 Å². The van der Waals surface area contributed by atoms with Crippen LogP contribution in [0.5, 0.6) is 0 Å². The summed E-state index contributed by atoms with van der Waals surface area (Å²) in [5.74, 6) is 0.157. The molecule has 218 valence electrons. The summed E-state index contributed by atoms with van der Waals surface area (Å²) >= 11 is 6.58. The third-order valence-corrected chi connectivity index (χ3v) is 9.13. The lowest BCUT2D eigenvalue weighted by molar-refractivity contribution is -0.141. The highest BCUT2D eigenvalue weighted by Gasteiger charge is 2.48. The predicted molar refractivity (Wildman–Crippen MR) is 151 cm³/mol. The Balaban J connectivity index is 1.21. The molecular formula is C29H34ClN5O6. The SMILES string of the molecule is C[C@@H]1CN(C(=O)O)[C@@H](c2ccc(-n3c(Cl)cc4c(=O)n(CC5(O)CCN(C(=O)C6(C)CC6)CC5)cnc43)cc2)CO1. The average Bonchev–Trinajstić information content (AvgIpc) is 3.61. The molecule has 2 aromatic heterocycles. The zero-order chi connectivity index (χ0) is 29.1. The first-order valence-corrected chi connectivity index (χ1v) is 14.4.